The second kappa shape index (κ2) is 7.16. The maximum absolute atomic E-state index is 12.1. The molecular weight excluding hydrogens is 324 g/mol. The Morgan fingerprint density at radius 3 is 2.52 bits per heavy atom. The van der Waals surface area contributed by atoms with E-state index >= 15 is 0 Å². The first kappa shape index (κ1) is 17.5. The summed E-state index contributed by atoms with van der Waals surface area (Å²) in [5, 5.41) is 18.7. The first-order valence-corrected chi connectivity index (χ1v) is 8.97. The highest BCUT2D eigenvalue weighted by molar-refractivity contribution is 7.92. The summed E-state index contributed by atoms with van der Waals surface area (Å²) in [6.07, 6.45) is 1.05. The van der Waals surface area contributed by atoms with Gasteiger partial charge < -0.3 is 14.9 Å². The van der Waals surface area contributed by atoms with Crippen LogP contribution in [0.25, 0.3) is 0 Å². The Balaban J connectivity index is 2.23. The molecule has 2 rings (SSSR count). The van der Waals surface area contributed by atoms with Gasteiger partial charge >= 0.3 is 5.97 Å². The topological polar surface area (TPSA) is 107 Å². The van der Waals surface area contributed by atoms with Crippen molar-refractivity contribution in [3.8, 4) is 5.75 Å². The van der Waals surface area contributed by atoms with Crippen LogP contribution in [-0.2, 0) is 14.8 Å². The van der Waals surface area contributed by atoms with Crippen LogP contribution in [0.15, 0.2) is 18.2 Å². The lowest BCUT2D eigenvalue weighted by Gasteiger charge is -2.30. The minimum atomic E-state index is -3.61. The van der Waals surface area contributed by atoms with Gasteiger partial charge in [-0.05, 0) is 12.1 Å². The number of phenolic OH excluding ortho intramolecular Hbond substituents is 1. The Labute approximate surface area is 134 Å². The number of carboxylic acid groups (broad SMARTS) is 1. The van der Waals surface area contributed by atoms with Crippen LogP contribution >= 0.6 is 0 Å². The third-order valence-electron chi connectivity index (χ3n) is 3.56. The molecule has 1 heterocycles. The summed E-state index contributed by atoms with van der Waals surface area (Å²) in [5.41, 5.74) is -0.0295. The normalized spacial score (nSPS) is 16.2. The fourth-order valence-corrected chi connectivity index (χ4v) is 3.31. The van der Waals surface area contributed by atoms with Crippen LogP contribution in [0.2, 0.25) is 0 Å². The van der Waals surface area contributed by atoms with Gasteiger partial charge in [0.05, 0.1) is 30.7 Å². The largest absolute Gasteiger partial charge is 0.508 e. The Morgan fingerprint density at radius 2 is 1.96 bits per heavy atom. The van der Waals surface area contributed by atoms with Crippen LogP contribution in [0.1, 0.15) is 10.4 Å². The number of aromatic hydroxyl groups is 1. The third kappa shape index (κ3) is 4.81. The first-order valence-electron chi connectivity index (χ1n) is 7.12. The summed E-state index contributed by atoms with van der Waals surface area (Å²) in [6.45, 7) is 3.31. The lowest BCUT2D eigenvalue weighted by atomic mass is 10.2. The number of hydrogen-bond acceptors (Lipinski definition) is 6. The van der Waals surface area contributed by atoms with Gasteiger partial charge in [-0.3, -0.25) is 9.21 Å². The maximum Gasteiger partial charge on any atom is 0.335 e. The summed E-state index contributed by atoms with van der Waals surface area (Å²) in [5.74, 6) is -1.52. The standard InChI is InChI=1S/C14H20N2O6S/c1-23(20,21)16(3-2-15-4-6-22-7-5-15)12-8-11(14(18)19)9-13(17)10-12/h8-10,17H,2-7H2,1H3,(H,18,19). The van der Waals surface area contributed by atoms with E-state index < -0.39 is 16.0 Å². The average molecular weight is 344 g/mol. The molecule has 0 aromatic heterocycles. The van der Waals surface area contributed by atoms with Gasteiger partial charge in [-0.1, -0.05) is 0 Å². The van der Waals surface area contributed by atoms with Gasteiger partial charge in [-0.15, -0.1) is 0 Å². The monoisotopic (exact) mass is 344 g/mol. The third-order valence-corrected chi connectivity index (χ3v) is 4.75. The molecule has 0 spiro atoms. The average Bonchev–Trinajstić information content (AvgIpc) is 2.46. The molecule has 0 amide bonds. The summed E-state index contributed by atoms with van der Waals surface area (Å²) in [4.78, 5) is 13.2. The number of aromatic carboxylic acids is 1. The van der Waals surface area contributed by atoms with Crippen molar-refractivity contribution in [2.45, 2.75) is 0 Å². The Hall–Kier alpha value is -1.84. The Morgan fingerprint density at radius 1 is 1.30 bits per heavy atom. The summed E-state index contributed by atoms with van der Waals surface area (Å²) in [6, 6.07) is 3.56. The summed E-state index contributed by atoms with van der Waals surface area (Å²) in [7, 11) is -3.61. The molecule has 2 N–H and O–H groups in total. The number of anilines is 1. The van der Waals surface area contributed by atoms with E-state index in [4.69, 9.17) is 9.84 Å². The number of phenols is 1. The molecule has 0 bridgehead atoms. The molecule has 1 saturated heterocycles. The highest BCUT2D eigenvalue weighted by Crippen LogP contribution is 2.25. The van der Waals surface area contributed by atoms with Crippen molar-refractivity contribution in [2.24, 2.45) is 0 Å². The number of nitrogens with zero attached hydrogens (tertiary/aromatic N) is 2. The molecule has 1 aromatic carbocycles. The van der Waals surface area contributed by atoms with Gasteiger partial charge in [-0.2, -0.15) is 0 Å². The van der Waals surface area contributed by atoms with E-state index in [9.17, 15) is 18.3 Å². The molecule has 0 radical (unpaired) electrons. The van der Waals surface area contributed by atoms with Crippen LogP contribution in [0.5, 0.6) is 5.75 Å². The highest BCUT2D eigenvalue weighted by Gasteiger charge is 2.21. The molecule has 0 unspecified atom stereocenters. The SMILES string of the molecule is CS(=O)(=O)N(CCN1CCOCC1)c1cc(O)cc(C(=O)O)c1. The van der Waals surface area contributed by atoms with Crippen molar-refractivity contribution in [3.05, 3.63) is 23.8 Å². The van der Waals surface area contributed by atoms with Crippen molar-refractivity contribution in [1.29, 1.82) is 0 Å². The molecule has 1 fully saturated rings. The smallest absolute Gasteiger partial charge is 0.335 e. The molecule has 1 aromatic rings. The fourth-order valence-electron chi connectivity index (χ4n) is 2.41. The Bertz CT molecular complexity index is 670. The van der Waals surface area contributed by atoms with E-state index in [1.807, 2.05) is 0 Å². The van der Waals surface area contributed by atoms with E-state index in [1.54, 1.807) is 0 Å². The van der Waals surface area contributed by atoms with Crippen LogP contribution in [0.4, 0.5) is 5.69 Å². The molecule has 1 aliphatic heterocycles. The predicted molar refractivity (Wildman–Crippen MR) is 84.5 cm³/mol. The minimum Gasteiger partial charge on any atom is -0.508 e. The van der Waals surface area contributed by atoms with Crippen LogP contribution in [0, 0.1) is 0 Å². The first-order chi connectivity index (χ1) is 10.8. The molecule has 0 atom stereocenters. The van der Waals surface area contributed by atoms with Crippen molar-refractivity contribution in [2.75, 3.05) is 50.0 Å². The molecule has 0 saturated carbocycles. The van der Waals surface area contributed by atoms with Crippen molar-refractivity contribution < 1.29 is 28.2 Å². The molecule has 128 valence electrons. The molecule has 1 aliphatic rings. The zero-order valence-corrected chi connectivity index (χ0v) is 13.6. The van der Waals surface area contributed by atoms with Crippen LogP contribution in [0.3, 0.4) is 0 Å². The highest BCUT2D eigenvalue weighted by atomic mass is 32.2. The van der Waals surface area contributed by atoms with Gasteiger partial charge in [-0.25, -0.2) is 13.2 Å². The second-order valence-electron chi connectivity index (χ2n) is 5.33. The number of carboxylic acids is 1. The Kier molecular flexibility index (Phi) is 5.45. The van der Waals surface area contributed by atoms with E-state index in [1.165, 1.54) is 12.1 Å². The van der Waals surface area contributed by atoms with Gasteiger partial charge in [0.1, 0.15) is 5.75 Å². The summed E-state index contributed by atoms with van der Waals surface area (Å²) >= 11 is 0. The van der Waals surface area contributed by atoms with Gasteiger partial charge in [0.25, 0.3) is 0 Å². The zero-order chi connectivity index (χ0) is 17.0. The van der Waals surface area contributed by atoms with E-state index in [2.05, 4.69) is 4.90 Å². The minimum absolute atomic E-state index is 0.137. The molecule has 9 heteroatoms. The van der Waals surface area contributed by atoms with Crippen LogP contribution in [-0.4, -0.2) is 75.1 Å². The number of sulfonamides is 1. The van der Waals surface area contributed by atoms with Crippen molar-refractivity contribution >= 4 is 21.7 Å². The second-order valence-corrected chi connectivity index (χ2v) is 7.24. The predicted octanol–water partition coefficient (Wildman–Crippen LogP) is 0.189. The number of hydrogen-bond donors (Lipinski definition) is 2. The maximum atomic E-state index is 12.1. The van der Waals surface area contributed by atoms with Gasteiger partial charge in [0.2, 0.25) is 10.0 Å². The molecule has 0 aliphatic carbocycles. The number of benzene rings is 1. The molecule has 8 nitrogen and oxygen atoms in total. The van der Waals surface area contributed by atoms with Crippen molar-refractivity contribution in [3.63, 3.8) is 0 Å². The van der Waals surface area contributed by atoms with Crippen LogP contribution < -0.4 is 4.31 Å². The lowest BCUT2D eigenvalue weighted by molar-refractivity contribution is 0.0395. The zero-order valence-electron chi connectivity index (χ0n) is 12.8. The number of carbonyl (C=O) groups is 1. The number of morpholine rings is 1. The van der Waals surface area contributed by atoms with E-state index in [0.29, 0.717) is 19.8 Å². The lowest BCUT2D eigenvalue weighted by Crippen LogP contribution is -2.43. The van der Waals surface area contributed by atoms with Gasteiger partial charge in [0.15, 0.2) is 0 Å². The van der Waals surface area contributed by atoms with E-state index in [-0.39, 0.29) is 23.5 Å². The van der Waals surface area contributed by atoms with Gasteiger partial charge in [0, 0.05) is 32.2 Å². The summed E-state index contributed by atoms with van der Waals surface area (Å²) < 4.78 is 30.5. The molecular formula is C14H20N2O6S. The van der Waals surface area contributed by atoms with Crippen molar-refractivity contribution in [1.82, 2.24) is 4.90 Å². The fraction of sp³-hybridized carbons (Fsp3) is 0.500. The quantitative estimate of drug-likeness (QED) is 0.758. The van der Waals surface area contributed by atoms with E-state index in [0.717, 1.165) is 29.7 Å². The molecule has 23 heavy (non-hydrogen) atoms. The number of rotatable bonds is 6. The number of ether oxygens (including phenoxy) is 1.